The molecule has 13 heavy (non-hydrogen) atoms. The van der Waals surface area contributed by atoms with Gasteiger partial charge in [0.1, 0.15) is 6.54 Å². The normalized spacial score (nSPS) is 8.85. The summed E-state index contributed by atoms with van der Waals surface area (Å²) in [5.41, 5.74) is -0.0939. The number of nitrogens with zero attached hydrogens (tertiary/aromatic N) is 1. The van der Waals surface area contributed by atoms with E-state index in [0.717, 1.165) is 0 Å². The topological polar surface area (TPSA) is 85.8 Å². The van der Waals surface area contributed by atoms with Gasteiger partial charge in [-0.3, -0.25) is 9.59 Å². The van der Waals surface area contributed by atoms with E-state index < -0.39 is 5.91 Å². The number of nitrogens with one attached hydrogen (secondary N) is 2. The van der Waals surface area contributed by atoms with Crippen molar-refractivity contribution in [1.29, 1.82) is 5.26 Å². The summed E-state index contributed by atoms with van der Waals surface area (Å²) in [4.78, 5) is 24.3. The Morgan fingerprint density at radius 1 is 1.69 bits per heavy atom. The van der Waals surface area contributed by atoms with Crippen LogP contribution in [-0.2, 0) is 0 Å². The molecule has 0 bridgehead atoms. The zero-order chi connectivity index (χ0) is 9.68. The van der Waals surface area contributed by atoms with Crippen molar-refractivity contribution < 1.29 is 4.79 Å². The van der Waals surface area contributed by atoms with E-state index in [0.29, 0.717) is 0 Å². The van der Waals surface area contributed by atoms with Gasteiger partial charge < -0.3 is 10.3 Å². The number of nitriles is 1. The Balaban J connectivity index is 2.78. The van der Waals surface area contributed by atoms with Crippen LogP contribution in [0.3, 0.4) is 0 Å². The number of aromatic amines is 1. The summed E-state index contributed by atoms with van der Waals surface area (Å²) in [7, 11) is 0. The summed E-state index contributed by atoms with van der Waals surface area (Å²) >= 11 is 0. The van der Waals surface area contributed by atoms with Crippen LogP contribution in [0.15, 0.2) is 23.1 Å². The molecule has 5 heteroatoms. The Hall–Kier alpha value is -2.09. The highest BCUT2D eigenvalue weighted by Crippen LogP contribution is 1.91. The van der Waals surface area contributed by atoms with Crippen LogP contribution in [0.1, 0.15) is 10.4 Å². The molecule has 0 saturated carbocycles. The first-order valence-corrected chi connectivity index (χ1v) is 3.58. The number of hydrogen-bond donors (Lipinski definition) is 2. The Kier molecular flexibility index (Phi) is 2.82. The van der Waals surface area contributed by atoms with Crippen molar-refractivity contribution in [3.8, 4) is 6.07 Å². The Morgan fingerprint density at radius 2 is 2.46 bits per heavy atom. The summed E-state index contributed by atoms with van der Waals surface area (Å²) in [6, 6.07) is 4.40. The van der Waals surface area contributed by atoms with Crippen molar-refractivity contribution >= 4 is 5.91 Å². The van der Waals surface area contributed by atoms with Gasteiger partial charge in [-0.25, -0.2) is 0 Å². The van der Waals surface area contributed by atoms with E-state index in [1.165, 1.54) is 18.3 Å². The number of aromatic nitrogens is 1. The number of amides is 1. The Morgan fingerprint density at radius 3 is 3.08 bits per heavy atom. The molecule has 0 unspecified atom stereocenters. The molecule has 0 saturated heterocycles. The van der Waals surface area contributed by atoms with Crippen LogP contribution >= 0.6 is 0 Å². The Labute approximate surface area is 74.0 Å². The SMILES string of the molecule is N#CCNC(=O)c1cc[nH]c(=O)c1. The van der Waals surface area contributed by atoms with Gasteiger partial charge >= 0.3 is 0 Å². The van der Waals surface area contributed by atoms with Crippen LogP contribution in [0.4, 0.5) is 0 Å². The van der Waals surface area contributed by atoms with Crippen LogP contribution < -0.4 is 10.9 Å². The van der Waals surface area contributed by atoms with E-state index in [4.69, 9.17) is 5.26 Å². The average Bonchev–Trinajstić information content (AvgIpc) is 2.14. The van der Waals surface area contributed by atoms with E-state index >= 15 is 0 Å². The third-order valence-electron chi connectivity index (χ3n) is 1.37. The standard InChI is InChI=1S/C8H7N3O2/c9-2-4-11-8(13)6-1-3-10-7(12)5-6/h1,3,5H,4H2,(H,10,12)(H,11,13). The maximum absolute atomic E-state index is 11.1. The molecule has 1 rings (SSSR count). The lowest BCUT2D eigenvalue weighted by molar-refractivity contribution is 0.0958. The molecule has 0 radical (unpaired) electrons. The minimum atomic E-state index is -0.423. The van der Waals surface area contributed by atoms with Crippen molar-refractivity contribution in [1.82, 2.24) is 10.3 Å². The lowest BCUT2D eigenvalue weighted by atomic mass is 10.2. The average molecular weight is 177 g/mol. The van der Waals surface area contributed by atoms with Crippen molar-refractivity contribution in [2.45, 2.75) is 0 Å². The van der Waals surface area contributed by atoms with Gasteiger partial charge in [0, 0.05) is 17.8 Å². The van der Waals surface area contributed by atoms with Gasteiger partial charge in [-0.2, -0.15) is 5.26 Å². The van der Waals surface area contributed by atoms with E-state index in [9.17, 15) is 9.59 Å². The molecular weight excluding hydrogens is 170 g/mol. The Bertz CT molecular complexity index is 402. The van der Waals surface area contributed by atoms with Crippen molar-refractivity contribution in [3.63, 3.8) is 0 Å². The van der Waals surface area contributed by atoms with Crippen LogP contribution in [-0.4, -0.2) is 17.4 Å². The molecule has 0 aliphatic heterocycles. The molecule has 0 fully saturated rings. The van der Waals surface area contributed by atoms with Gasteiger partial charge in [-0.05, 0) is 6.07 Å². The maximum atomic E-state index is 11.1. The number of pyridine rings is 1. The van der Waals surface area contributed by atoms with Crippen LogP contribution in [0, 0.1) is 11.3 Å². The van der Waals surface area contributed by atoms with Crippen molar-refractivity contribution in [3.05, 3.63) is 34.2 Å². The number of rotatable bonds is 2. The van der Waals surface area contributed by atoms with Gasteiger partial charge in [0.05, 0.1) is 6.07 Å². The fourth-order valence-corrected chi connectivity index (χ4v) is 0.808. The van der Waals surface area contributed by atoms with E-state index in [1.807, 2.05) is 0 Å². The smallest absolute Gasteiger partial charge is 0.252 e. The lowest BCUT2D eigenvalue weighted by Crippen LogP contribution is -2.24. The summed E-state index contributed by atoms with van der Waals surface area (Å²) in [6.07, 6.45) is 1.38. The molecule has 0 aliphatic carbocycles. The summed E-state index contributed by atoms with van der Waals surface area (Å²) in [5.74, 6) is -0.423. The fourth-order valence-electron chi connectivity index (χ4n) is 0.808. The second-order valence-electron chi connectivity index (χ2n) is 2.28. The van der Waals surface area contributed by atoms with Crippen LogP contribution in [0.2, 0.25) is 0 Å². The lowest BCUT2D eigenvalue weighted by Gasteiger charge is -1.98. The van der Waals surface area contributed by atoms with Gasteiger partial charge in [0.25, 0.3) is 5.91 Å². The number of carbonyl (C=O) groups excluding carboxylic acids is 1. The third kappa shape index (κ3) is 2.45. The third-order valence-corrected chi connectivity index (χ3v) is 1.37. The fraction of sp³-hybridized carbons (Fsp3) is 0.125. The molecule has 2 N–H and O–H groups in total. The first-order valence-electron chi connectivity index (χ1n) is 3.58. The largest absolute Gasteiger partial charge is 0.339 e. The van der Waals surface area contributed by atoms with Gasteiger partial charge in [-0.15, -0.1) is 0 Å². The summed E-state index contributed by atoms with van der Waals surface area (Å²) in [6.45, 7) is -0.0639. The summed E-state index contributed by atoms with van der Waals surface area (Å²) < 4.78 is 0. The summed E-state index contributed by atoms with van der Waals surface area (Å²) in [5, 5.41) is 10.5. The maximum Gasteiger partial charge on any atom is 0.252 e. The minimum Gasteiger partial charge on any atom is -0.339 e. The monoisotopic (exact) mass is 177 g/mol. The van der Waals surface area contributed by atoms with E-state index in [2.05, 4.69) is 10.3 Å². The molecule has 1 amide bonds. The second-order valence-corrected chi connectivity index (χ2v) is 2.28. The highest BCUT2D eigenvalue weighted by Gasteiger charge is 2.03. The first kappa shape index (κ1) is 9.00. The van der Waals surface area contributed by atoms with E-state index in [1.54, 1.807) is 6.07 Å². The number of H-pyrrole nitrogens is 1. The molecule has 0 atom stereocenters. The molecule has 0 spiro atoms. The molecule has 66 valence electrons. The molecule has 1 heterocycles. The first-order chi connectivity index (χ1) is 6.24. The number of carbonyl (C=O) groups is 1. The van der Waals surface area contributed by atoms with Crippen molar-refractivity contribution in [2.24, 2.45) is 0 Å². The van der Waals surface area contributed by atoms with Crippen LogP contribution in [0.5, 0.6) is 0 Å². The van der Waals surface area contributed by atoms with Gasteiger partial charge in [0.2, 0.25) is 5.56 Å². The predicted molar refractivity (Wildman–Crippen MR) is 45.0 cm³/mol. The van der Waals surface area contributed by atoms with Crippen molar-refractivity contribution in [2.75, 3.05) is 6.54 Å². The molecular formula is C8H7N3O2. The highest BCUT2D eigenvalue weighted by atomic mass is 16.2. The molecule has 5 nitrogen and oxygen atoms in total. The zero-order valence-corrected chi connectivity index (χ0v) is 6.70. The minimum absolute atomic E-state index is 0.0639. The van der Waals surface area contributed by atoms with Gasteiger partial charge in [-0.1, -0.05) is 0 Å². The predicted octanol–water partition coefficient (Wildman–Crippen LogP) is -0.372. The zero-order valence-electron chi connectivity index (χ0n) is 6.70. The van der Waals surface area contributed by atoms with Crippen LogP contribution in [0.25, 0.3) is 0 Å². The van der Waals surface area contributed by atoms with Gasteiger partial charge in [0.15, 0.2) is 0 Å². The second kappa shape index (κ2) is 4.07. The van der Waals surface area contributed by atoms with E-state index in [-0.39, 0.29) is 17.7 Å². The number of hydrogen-bond acceptors (Lipinski definition) is 3. The molecule has 1 aromatic heterocycles. The quantitative estimate of drug-likeness (QED) is 0.604. The molecule has 0 aromatic carbocycles. The highest BCUT2D eigenvalue weighted by molar-refractivity contribution is 5.94. The molecule has 0 aliphatic rings. The molecule has 1 aromatic rings.